The second kappa shape index (κ2) is 6.07. The number of hydrogen-bond acceptors (Lipinski definition) is 2. The van der Waals surface area contributed by atoms with Crippen molar-refractivity contribution in [2.45, 2.75) is 19.4 Å². The first-order chi connectivity index (χ1) is 9.51. The van der Waals surface area contributed by atoms with Gasteiger partial charge >= 0.3 is 0 Å². The fourth-order valence-electron chi connectivity index (χ4n) is 2.10. The zero-order chi connectivity index (χ0) is 14.7. The molecule has 1 atom stereocenters. The van der Waals surface area contributed by atoms with E-state index >= 15 is 0 Å². The Morgan fingerprint density at radius 1 is 1.10 bits per heavy atom. The van der Waals surface area contributed by atoms with Gasteiger partial charge in [-0.05, 0) is 42.7 Å². The number of nitrogens with one attached hydrogen (secondary N) is 1. The van der Waals surface area contributed by atoms with E-state index in [9.17, 15) is 13.2 Å². The van der Waals surface area contributed by atoms with Gasteiger partial charge in [0.25, 0.3) is 0 Å². The van der Waals surface area contributed by atoms with Crippen molar-refractivity contribution >= 4 is 0 Å². The van der Waals surface area contributed by atoms with Gasteiger partial charge in [-0.15, -0.1) is 0 Å². The molecule has 0 spiro atoms. The van der Waals surface area contributed by atoms with Gasteiger partial charge in [-0.2, -0.15) is 0 Å². The summed E-state index contributed by atoms with van der Waals surface area (Å²) in [7, 11) is 0. The summed E-state index contributed by atoms with van der Waals surface area (Å²) >= 11 is 0. The monoisotopic (exact) mass is 280 g/mol. The van der Waals surface area contributed by atoms with Gasteiger partial charge in [-0.3, -0.25) is 11.3 Å². The smallest absolute Gasteiger partial charge is 0.130 e. The molecule has 0 fully saturated rings. The molecule has 0 radical (unpaired) electrons. The van der Waals surface area contributed by atoms with Crippen LogP contribution >= 0.6 is 0 Å². The number of rotatable bonds is 4. The molecule has 106 valence electrons. The van der Waals surface area contributed by atoms with Crippen molar-refractivity contribution in [2.24, 2.45) is 5.84 Å². The Morgan fingerprint density at radius 3 is 2.50 bits per heavy atom. The molecule has 5 heteroatoms. The summed E-state index contributed by atoms with van der Waals surface area (Å²) in [4.78, 5) is 0. The van der Waals surface area contributed by atoms with Crippen LogP contribution in [0, 0.1) is 24.4 Å². The molecule has 20 heavy (non-hydrogen) atoms. The summed E-state index contributed by atoms with van der Waals surface area (Å²) in [6.07, 6.45) is 0.302. The maximum Gasteiger partial charge on any atom is 0.130 e. The largest absolute Gasteiger partial charge is 0.271 e. The second-order valence-corrected chi connectivity index (χ2v) is 4.68. The Labute approximate surface area is 115 Å². The van der Waals surface area contributed by atoms with Gasteiger partial charge in [0.1, 0.15) is 17.5 Å². The van der Waals surface area contributed by atoms with E-state index in [1.165, 1.54) is 18.2 Å². The quantitative estimate of drug-likeness (QED) is 0.667. The SMILES string of the molecule is Cc1cc(C(Cc2cccc(F)c2)NN)c(F)cc1F. The van der Waals surface area contributed by atoms with Crippen molar-refractivity contribution in [2.75, 3.05) is 0 Å². The highest BCUT2D eigenvalue weighted by Crippen LogP contribution is 2.23. The molecule has 0 amide bonds. The highest BCUT2D eigenvalue weighted by Gasteiger charge is 2.17. The number of benzene rings is 2. The Balaban J connectivity index is 2.31. The molecule has 0 saturated heterocycles. The molecule has 2 aromatic rings. The molecular weight excluding hydrogens is 265 g/mol. The average molecular weight is 280 g/mol. The minimum atomic E-state index is -0.674. The Kier molecular flexibility index (Phi) is 4.42. The lowest BCUT2D eigenvalue weighted by Gasteiger charge is -2.18. The minimum absolute atomic E-state index is 0.260. The van der Waals surface area contributed by atoms with Crippen LogP contribution in [0.4, 0.5) is 13.2 Å². The van der Waals surface area contributed by atoms with Gasteiger partial charge in [0.2, 0.25) is 0 Å². The van der Waals surface area contributed by atoms with Crippen LogP contribution in [0.25, 0.3) is 0 Å². The molecule has 3 N–H and O–H groups in total. The van der Waals surface area contributed by atoms with Gasteiger partial charge in [0, 0.05) is 11.6 Å². The zero-order valence-electron chi connectivity index (χ0n) is 11.0. The van der Waals surface area contributed by atoms with E-state index in [-0.39, 0.29) is 11.4 Å². The first kappa shape index (κ1) is 14.6. The summed E-state index contributed by atoms with van der Waals surface area (Å²) in [5.41, 5.74) is 3.76. The van der Waals surface area contributed by atoms with Crippen molar-refractivity contribution in [3.63, 3.8) is 0 Å². The average Bonchev–Trinajstić information content (AvgIpc) is 2.40. The van der Waals surface area contributed by atoms with E-state index in [1.54, 1.807) is 19.1 Å². The third-order valence-electron chi connectivity index (χ3n) is 3.18. The van der Waals surface area contributed by atoms with Crippen molar-refractivity contribution < 1.29 is 13.2 Å². The van der Waals surface area contributed by atoms with Crippen LogP contribution in [0.3, 0.4) is 0 Å². The summed E-state index contributed by atoms with van der Waals surface area (Å²) in [6.45, 7) is 1.55. The first-order valence-corrected chi connectivity index (χ1v) is 6.17. The number of hydrogen-bond donors (Lipinski definition) is 2. The summed E-state index contributed by atoms with van der Waals surface area (Å²) in [5.74, 6) is 3.80. The van der Waals surface area contributed by atoms with E-state index in [4.69, 9.17) is 5.84 Å². The Morgan fingerprint density at radius 2 is 1.85 bits per heavy atom. The van der Waals surface area contributed by atoms with Crippen molar-refractivity contribution in [1.29, 1.82) is 0 Å². The van der Waals surface area contributed by atoms with Gasteiger partial charge in [-0.1, -0.05) is 12.1 Å². The molecule has 2 nitrogen and oxygen atoms in total. The normalized spacial score (nSPS) is 12.4. The van der Waals surface area contributed by atoms with Crippen molar-refractivity contribution in [1.82, 2.24) is 5.43 Å². The van der Waals surface area contributed by atoms with Gasteiger partial charge in [0.15, 0.2) is 0 Å². The number of halogens is 3. The Hall–Kier alpha value is -1.85. The van der Waals surface area contributed by atoms with Gasteiger partial charge in [0.05, 0.1) is 6.04 Å². The van der Waals surface area contributed by atoms with Crippen LogP contribution in [0.15, 0.2) is 36.4 Å². The van der Waals surface area contributed by atoms with E-state index in [0.717, 1.165) is 6.07 Å². The molecule has 0 bridgehead atoms. The summed E-state index contributed by atoms with van der Waals surface area (Å²) in [5, 5.41) is 0. The third kappa shape index (κ3) is 3.18. The predicted octanol–water partition coefficient (Wildman–Crippen LogP) is 3.16. The highest BCUT2D eigenvalue weighted by molar-refractivity contribution is 5.30. The maximum atomic E-state index is 13.8. The van der Waals surface area contributed by atoms with Crippen LogP contribution in [0.5, 0.6) is 0 Å². The van der Waals surface area contributed by atoms with E-state index in [1.807, 2.05) is 0 Å². The Bertz CT molecular complexity index is 614. The molecule has 2 aromatic carbocycles. The molecule has 0 aromatic heterocycles. The lowest BCUT2D eigenvalue weighted by atomic mass is 9.97. The van der Waals surface area contributed by atoms with Crippen LogP contribution in [0.2, 0.25) is 0 Å². The summed E-state index contributed by atoms with van der Waals surface area (Å²) < 4.78 is 40.3. The molecule has 0 aliphatic carbocycles. The molecule has 0 heterocycles. The van der Waals surface area contributed by atoms with Crippen LogP contribution < -0.4 is 11.3 Å². The highest BCUT2D eigenvalue weighted by atomic mass is 19.1. The zero-order valence-corrected chi connectivity index (χ0v) is 11.0. The number of nitrogens with two attached hydrogens (primary N) is 1. The van der Waals surface area contributed by atoms with Crippen molar-refractivity contribution in [3.8, 4) is 0 Å². The van der Waals surface area contributed by atoms with Gasteiger partial charge in [-0.25, -0.2) is 13.2 Å². The summed E-state index contributed by atoms with van der Waals surface area (Å²) in [6, 6.07) is 7.67. The lowest BCUT2D eigenvalue weighted by molar-refractivity contribution is 0.499. The molecule has 0 aliphatic heterocycles. The van der Waals surface area contributed by atoms with E-state index in [0.29, 0.717) is 17.5 Å². The lowest BCUT2D eigenvalue weighted by Crippen LogP contribution is -2.30. The number of aryl methyl sites for hydroxylation is 1. The standard InChI is InChI=1S/C15H15F3N2/c1-9-5-12(14(18)8-13(9)17)15(20-19)7-10-3-2-4-11(16)6-10/h2-6,8,15,20H,7,19H2,1H3. The molecule has 2 rings (SSSR count). The van der Waals surface area contributed by atoms with Gasteiger partial charge < -0.3 is 0 Å². The van der Waals surface area contributed by atoms with Crippen molar-refractivity contribution in [3.05, 3.63) is 70.5 Å². The predicted molar refractivity (Wildman–Crippen MR) is 71.3 cm³/mol. The molecule has 0 aliphatic rings. The van der Waals surface area contributed by atoms with Crippen LogP contribution in [-0.2, 0) is 6.42 Å². The third-order valence-corrected chi connectivity index (χ3v) is 3.18. The maximum absolute atomic E-state index is 13.8. The van der Waals surface area contributed by atoms with E-state index in [2.05, 4.69) is 5.43 Å². The minimum Gasteiger partial charge on any atom is -0.271 e. The molecule has 0 saturated carbocycles. The fraction of sp³-hybridized carbons (Fsp3) is 0.200. The topological polar surface area (TPSA) is 38.0 Å². The molecule has 1 unspecified atom stereocenters. The fourth-order valence-corrected chi connectivity index (χ4v) is 2.10. The van der Waals surface area contributed by atoms with Crippen LogP contribution in [0.1, 0.15) is 22.7 Å². The van der Waals surface area contributed by atoms with E-state index < -0.39 is 17.7 Å². The second-order valence-electron chi connectivity index (χ2n) is 4.68. The molecular formula is C15H15F3N2. The first-order valence-electron chi connectivity index (χ1n) is 6.17. The van der Waals surface area contributed by atoms with Crippen LogP contribution in [-0.4, -0.2) is 0 Å². The number of hydrazine groups is 1.